The molecule has 0 aliphatic rings. The van der Waals surface area contributed by atoms with E-state index < -0.39 is 0 Å². The number of nitrogens with zero attached hydrogens (tertiary/aromatic N) is 2. The van der Waals surface area contributed by atoms with Crippen LogP contribution in [-0.4, -0.2) is 22.5 Å². The summed E-state index contributed by atoms with van der Waals surface area (Å²) < 4.78 is 0. The van der Waals surface area contributed by atoms with Gasteiger partial charge in [-0.15, -0.1) is 0 Å². The van der Waals surface area contributed by atoms with Gasteiger partial charge in [0.05, 0.1) is 6.54 Å². The van der Waals surface area contributed by atoms with Gasteiger partial charge in [-0.05, 0) is 29.7 Å². The highest BCUT2D eigenvalue weighted by Gasteiger charge is 1.99. The molecular formula is C17H19N5. The Balaban J connectivity index is 1.51. The first-order chi connectivity index (χ1) is 10.8. The van der Waals surface area contributed by atoms with Gasteiger partial charge in [-0.2, -0.15) is 0 Å². The smallest absolute Gasteiger partial charge is 0.188 e. The number of hydrogen-bond donors (Lipinski definition) is 3. The van der Waals surface area contributed by atoms with Gasteiger partial charge in [0.2, 0.25) is 0 Å². The van der Waals surface area contributed by atoms with Gasteiger partial charge in [0.15, 0.2) is 5.96 Å². The number of rotatable bonds is 5. The lowest BCUT2D eigenvalue weighted by molar-refractivity contribution is 0.826. The number of guanidine groups is 1. The number of nitrogens with two attached hydrogens (primary N) is 1. The minimum absolute atomic E-state index is 0.453. The molecule has 0 atom stereocenters. The van der Waals surface area contributed by atoms with Crippen molar-refractivity contribution >= 4 is 16.9 Å². The first-order valence-electron chi connectivity index (χ1n) is 7.31. The second-order valence-electron chi connectivity index (χ2n) is 5.08. The van der Waals surface area contributed by atoms with Gasteiger partial charge in [-0.3, -0.25) is 4.98 Å². The third-order valence-electron chi connectivity index (χ3n) is 3.42. The molecule has 0 bridgehead atoms. The van der Waals surface area contributed by atoms with E-state index in [1.54, 1.807) is 6.20 Å². The lowest BCUT2D eigenvalue weighted by atomic mass is 10.2. The molecule has 4 N–H and O–H groups in total. The number of nitrogens with one attached hydrogen (secondary N) is 2. The summed E-state index contributed by atoms with van der Waals surface area (Å²) >= 11 is 0. The average molecular weight is 293 g/mol. The summed E-state index contributed by atoms with van der Waals surface area (Å²) in [4.78, 5) is 12.0. The first-order valence-corrected chi connectivity index (χ1v) is 7.31. The molecule has 3 aromatic rings. The highest BCUT2D eigenvalue weighted by Crippen LogP contribution is 2.14. The molecule has 3 rings (SSSR count). The molecule has 5 nitrogen and oxygen atoms in total. The van der Waals surface area contributed by atoms with Crippen LogP contribution in [0.3, 0.4) is 0 Å². The van der Waals surface area contributed by atoms with Crippen LogP contribution >= 0.6 is 0 Å². The fourth-order valence-corrected chi connectivity index (χ4v) is 2.31. The Morgan fingerprint density at radius 3 is 2.86 bits per heavy atom. The molecule has 0 saturated heterocycles. The number of pyridine rings is 1. The van der Waals surface area contributed by atoms with Crippen LogP contribution in [0.15, 0.2) is 59.7 Å². The number of fused-ring (bicyclic) bond motifs is 1. The van der Waals surface area contributed by atoms with E-state index in [1.165, 1.54) is 5.39 Å². The molecule has 112 valence electrons. The number of H-pyrrole nitrogens is 1. The maximum Gasteiger partial charge on any atom is 0.188 e. The molecule has 2 aromatic heterocycles. The Morgan fingerprint density at radius 2 is 2.05 bits per heavy atom. The summed E-state index contributed by atoms with van der Waals surface area (Å²) in [5.74, 6) is 0.453. The topological polar surface area (TPSA) is 79.1 Å². The van der Waals surface area contributed by atoms with Gasteiger partial charge in [0.25, 0.3) is 0 Å². The van der Waals surface area contributed by atoms with Crippen molar-refractivity contribution in [3.8, 4) is 0 Å². The summed E-state index contributed by atoms with van der Waals surface area (Å²) in [5.41, 5.74) is 9.10. The number of aromatic amines is 1. The molecule has 0 saturated carbocycles. The van der Waals surface area contributed by atoms with Crippen LogP contribution in [0.4, 0.5) is 0 Å². The fourth-order valence-electron chi connectivity index (χ4n) is 2.31. The van der Waals surface area contributed by atoms with Crippen LogP contribution in [0.2, 0.25) is 0 Å². The summed E-state index contributed by atoms with van der Waals surface area (Å²) in [7, 11) is 0. The van der Waals surface area contributed by atoms with Gasteiger partial charge in [-0.1, -0.05) is 24.3 Å². The van der Waals surface area contributed by atoms with E-state index in [1.807, 2.05) is 30.3 Å². The minimum atomic E-state index is 0.453. The van der Waals surface area contributed by atoms with E-state index in [4.69, 9.17) is 5.73 Å². The van der Waals surface area contributed by atoms with Crippen molar-refractivity contribution in [2.24, 2.45) is 10.7 Å². The number of para-hydroxylation sites is 1. The minimum Gasteiger partial charge on any atom is -0.370 e. The first kappa shape index (κ1) is 14.1. The van der Waals surface area contributed by atoms with Crippen LogP contribution < -0.4 is 11.1 Å². The standard InChI is InChI=1S/C17H19N5/c18-17(20-10-8-14-6-3-4-9-19-14)21-12-15-11-13-5-1-2-7-16(13)22-15/h1-7,9,11,22H,8,10,12H2,(H3,18,20,21). The van der Waals surface area contributed by atoms with Crippen LogP contribution in [0.1, 0.15) is 11.4 Å². The van der Waals surface area contributed by atoms with Crippen molar-refractivity contribution in [3.05, 3.63) is 66.1 Å². The van der Waals surface area contributed by atoms with Crippen molar-refractivity contribution in [2.75, 3.05) is 6.54 Å². The lowest BCUT2D eigenvalue weighted by Crippen LogP contribution is -2.33. The monoisotopic (exact) mass is 293 g/mol. The quantitative estimate of drug-likeness (QED) is 0.498. The lowest BCUT2D eigenvalue weighted by Gasteiger charge is -2.04. The van der Waals surface area contributed by atoms with Crippen LogP contribution in [-0.2, 0) is 13.0 Å². The second-order valence-corrected chi connectivity index (χ2v) is 5.08. The predicted molar refractivity (Wildman–Crippen MR) is 89.6 cm³/mol. The Bertz CT molecular complexity index is 728. The zero-order chi connectivity index (χ0) is 15.2. The molecule has 1 aromatic carbocycles. The third-order valence-corrected chi connectivity index (χ3v) is 3.42. The fraction of sp³-hybridized carbons (Fsp3) is 0.176. The van der Waals surface area contributed by atoms with Gasteiger partial charge >= 0.3 is 0 Å². The van der Waals surface area contributed by atoms with E-state index in [9.17, 15) is 0 Å². The molecule has 0 amide bonds. The Labute approximate surface area is 129 Å². The summed E-state index contributed by atoms with van der Waals surface area (Å²) in [6.07, 6.45) is 2.62. The number of hydrogen-bond acceptors (Lipinski definition) is 2. The molecule has 0 spiro atoms. The molecule has 2 heterocycles. The van der Waals surface area contributed by atoms with E-state index >= 15 is 0 Å². The highest BCUT2D eigenvalue weighted by molar-refractivity contribution is 5.80. The molecule has 0 radical (unpaired) electrons. The normalized spacial score (nSPS) is 11.7. The molecule has 0 aliphatic heterocycles. The van der Waals surface area contributed by atoms with Gasteiger partial charge in [-0.25, -0.2) is 4.99 Å². The van der Waals surface area contributed by atoms with Crippen LogP contribution in [0.5, 0.6) is 0 Å². The summed E-state index contributed by atoms with van der Waals surface area (Å²) in [5, 5.41) is 4.30. The largest absolute Gasteiger partial charge is 0.370 e. The van der Waals surface area contributed by atoms with Gasteiger partial charge in [0.1, 0.15) is 0 Å². The zero-order valence-electron chi connectivity index (χ0n) is 12.3. The number of aliphatic imine (C=N–C) groups is 1. The SMILES string of the molecule is NC(=NCc1cc2ccccc2[nH]1)NCCc1ccccn1. The van der Waals surface area contributed by atoms with Gasteiger partial charge in [0, 0.05) is 36.1 Å². The van der Waals surface area contributed by atoms with Crippen molar-refractivity contribution < 1.29 is 0 Å². The maximum atomic E-state index is 5.88. The molecule has 0 unspecified atom stereocenters. The van der Waals surface area contributed by atoms with E-state index in [2.05, 4.69) is 38.5 Å². The highest BCUT2D eigenvalue weighted by atomic mass is 15.1. The Hall–Kier alpha value is -2.82. The van der Waals surface area contributed by atoms with E-state index in [0.717, 1.165) is 29.9 Å². The van der Waals surface area contributed by atoms with E-state index in [0.29, 0.717) is 12.5 Å². The average Bonchev–Trinajstić information content (AvgIpc) is 2.97. The predicted octanol–water partition coefficient (Wildman–Crippen LogP) is 2.21. The molecular weight excluding hydrogens is 274 g/mol. The summed E-state index contributed by atoms with van der Waals surface area (Å²) in [6.45, 7) is 1.26. The van der Waals surface area contributed by atoms with E-state index in [-0.39, 0.29) is 0 Å². The van der Waals surface area contributed by atoms with Crippen LogP contribution in [0, 0.1) is 0 Å². The third kappa shape index (κ3) is 3.63. The number of aromatic nitrogens is 2. The van der Waals surface area contributed by atoms with Gasteiger partial charge < -0.3 is 16.0 Å². The van der Waals surface area contributed by atoms with Crippen molar-refractivity contribution in [3.63, 3.8) is 0 Å². The van der Waals surface area contributed by atoms with Crippen molar-refractivity contribution in [2.45, 2.75) is 13.0 Å². The molecule has 22 heavy (non-hydrogen) atoms. The molecule has 5 heteroatoms. The van der Waals surface area contributed by atoms with Crippen molar-refractivity contribution in [1.82, 2.24) is 15.3 Å². The van der Waals surface area contributed by atoms with Crippen molar-refractivity contribution in [1.29, 1.82) is 0 Å². The molecule has 0 fully saturated rings. The summed E-state index contributed by atoms with van der Waals surface area (Å²) in [6, 6.07) is 16.2. The maximum absolute atomic E-state index is 5.88. The second kappa shape index (κ2) is 6.76. The van der Waals surface area contributed by atoms with Crippen LogP contribution in [0.25, 0.3) is 10.9 Å². The Kier molecular flexibility index (Phi) is 4.34. The Morgan fingerprint density at radius 1 is 1.18 bits per heavy atom. The zero-order valence-corrected chi connectivity index (χ0v) is 12.3. The number of benzene rings is 1. The molecule has 0 aliphatic carbocycles.